The van der Waals surface area contributed by atoms with Crippen molar-refractivity contribution < 1.29 is 14.3 Å². The van der Waals surface area contributed by atoms with Crippen LogP contribution < -0.4 is 0 Å². The average molecular weight is 264 g/mol. The van der Waals surface area contributed by atoms with Gasteiger partial charge in [-0.05, 0) is 54.7 Å². The molecule has 19 heavy (non-hydrogen) atoms. The number of halogens is 1. The molecule has 0 bridgehead atoms. The van der Waals surface area contributed by atoms with E-state index in [1.807, 2.05) is 0 Å². The lowest BCUT2D eigenvalue weighted by atomic mass is 9.65. The first-order valence-corrected chi connectivity index (χ1v) is 6.85. The number of carboxylic acid groups (broad SMARTS) is 1. The van der Waals surface area contributed by atoms with Gasteiger partial charge in [0.15, 0.2) is 0 Å². The van der Waals surface area contributed by atoms with Gasteiger partial charge in [0.2, 0.25) is 0 Å². The standard InChI is InChI=1S/C16H21FO2/c1-16(2)8-7-14(15(18)19)12(10-16)9-11-3-5-13(17)6-4-11/h3-6,12,14H,7-10H2,1-2H3,(H,18,19). The number of hydrogen-bond acceptors (Lipinski definition) is 1. The Labute approximate surface area is 113 Å². The van der Waals surface area contributed by atoms with Crippen LogP contribution in [0.2, 0.25) is 0 Å². The fourth-order valence-corrected chi connectivity index (χ4v) is 3.20. The summed E-state index contributed by atoms with van der Waals surface area (Å²) in [5.41, 5.74) is 1.23. The van der Waals surface area contributed by atoms with E-state index in [0.29, 0.717) is 0 Å². The SMILES string of the molecule is CC1(C)CCC(C(=O)O)C(Cc2ccc(F)cc2)C1. The van der Waals surface area contributed by atoms with E-state index in [1.165, 1.54) is 12.1 Å². The van der Waals surface area contributed by atoms with E-state index >= 15 is 0 Å². The Kier molecular flexibility index (Phi) is 3.93. The molecule has 0 aromatic heterocycles. The Bertz CT molecular complexity index is 450. The van der Waals surface area contributed by atoms with Gasteiger partial charge in [-0.15, -0.1) is 0 Å². The summed E-state index contributed by atoms with van der Waals surface area (Å²) < 4.78 is 12.9. The second-order valence-electron chi connectivity index (χ2n) is 6.44. The van der Waals surface area contributed by atoms with E-state index in [4.69, 9.17) is 0 Å². The first-order valence-electron chi connectivity index (χ1n) is 6.85. The van der Waals surface area contributed by atoms with Crippen molar-refractivity contribution in [3.63, 3.8) is 0 Å². The third-order valence-electron chi connectivity index (χ3n) is 4.24. The van der Waals surface area contributed by atoms with E-state index < -0.39 is 5.97 Å². The molecule has 1 fully saturated rings. The average Bonchev–Trinajstić information content (AvgIpc) is 2.30. The highest BCUT2D eigenvalue weighted by Gasteiger charge is 2.38. The molecule has 1 aliphatic rings. The van der Waals surface area contributed by atoms with Crippen molar-refractivity contribution in [2.24, 2.45) is 17.3 Å². The zero-order valence-electron chi connectivity index (χ0n) is 11.5. The third kappa shape index (κ3) is 3.55. The molecule has 2 rings (SSSR count). The molecular formula is C16H21FO2. The number of carboxylic acids is 1. The number of carbonyl (C=O) groups is 1. The van der Waals surface area contributed by atoms with Crippen LogP contribution in [0.25, 0.3) is 0 Å². The van der Waals surface area contributed by atoms with Crippen molar-refractivity contribution in [3.05, 3.63) is 35.6 Å². The Hall–Kier alpha value is -1.38. The highest BCUT2D eigenvalue weighted by molar-refractivity contribution is 5.70. The molecule has 104 valence electrons. The van der Waals surface area contributed by atoms with Gasteiger partial charge in [0.05, 0.1) is 5.92 Å². The highest BCUT2D eigenvalue weighted by Crippen LogP contribution is 2.43. The minimum Gasteiger partial charge on any atom is -0.481 e. The topological polar surface area (TPSA) is 37.3 Å². The second kappa shape index (κ2) is 5.32. The Morgan fingerprint density at radius 3 is 2.58 bits per heavy atom. The van der Waals surface area contributed by atoms with E-state index in [9.17, 15) is 14.3 Å². The molecule has 2 atom stereocenters. The first kappa shape index (κ1) is 14.0. The number of rotatable bonds is 3. The highest BCUT2D eigenvalue weighted by atomic mass is 19.1. The summed E-state index contributed by atoms with van der Waals surface area (Å²) in [6.07, 6.45) is 3.35. The molecule has 2 unspecified atom stereocenters. The molecule has 1 aromatic rings. The van der Waals surface area contributed by atoms with Crippen LogP contribution in [0.5, 0.6) is 0 Å². The lowest BCUT2D eigenvalue weighted by Gasteiger charge is -2.39. The van der Waals surface area contributed by atoms with Gasteiger partial charge in [-0.1, -0.05) is 26.0 Å². The Morgan fingerprint density at radius 2 is 2.00 bits per heavy atom. The van der Waals surface area contributed by atoms with Crippen LogP contribution in [0, 0.1) is 23.1 Å². The van der Waals surface area contributed by atoms with Gasteiger partial charge in [0.1, 0.15) is 5.82 Å². The summed E-state index contributed by atoms with van der Waals surface area (Å²) in [5.74, 6) is -1.06. The largest absolute Gasteiger partial charge is 0.481 e. The van der Waals surface area contributed by atoms with Crippen LogP contribution in [-0.2, 0) is 11.2 Å². The Balaban J connectivity index is 2.13. The zero-order valence-corrected chi connectivity index (χ0v) is 11.5. The molecule has 0 saturated heterocycles. The molecule has 1 saturated carbocycles. The van der Waals surface area contributed by atoms with Gasteiger partial charge in [0, 0.05) is 0 Å². The molecular weight excluding hydrogens is 243 g/mol. The minimum absolute atomic E-state index is 0.145. The third-order valence-corrected chi connectivity index (χ3v) is 4.24. The molecule has 0 heterocycles. The number of hydrogen-bond donors (Lipinski definition) is 1. The molecule has 1 aliphatic carbocycles. The number of benzene rings is 1. The fourth-order valence-electron chi connectivity index (χ4n) is 3.20. The van der Waals surface area contributed by atoms with Crippen molar-refractivity contribution >= 4 is 5.97 Å². The van der Waals surface area contributed by atoms with Gasteiger partial charge < -0.3 is 5.11 Å². The summed E-state index contributed by atoms with van der Waals surface area (Å²) >= 11 is 0. The zero-order chi connectivity index (χ0) is 14.0. The van der Waals surface area contributed by atoms with Crippen molar-refractivity contribution in [2.45, 2.75) is 39.5 Å². The lowest BCUT2D eigenvalue weighted by Crippen LogP contribution is -2.35. The van der Waals surface area contributed by atoms with Gasteiger partial charge in [-0.2, -0.15) is 0 Å². The molecule has 0 radical (unpaired) electrons. The van der Waals surface area contributed by atoms with E-state index in [-0.39, 0.29) is 23.1 Å². The summed E-state index contributed by atoms with van der Waals surface area (Å²) in [5, 5.41) is 9.34. The van der Waals surface area contributed by atoms with Crippen molar-refractivity contribution in [1.82, 2.24) is 0 Å². The maximum absolute atomic E-state index is 12.9. The van der Waals surface area contributed by atoms with Crippen molar-refractivity contribution in [2.75, 3.05) is 0 Å². The first-order chi connectivity index (χ1) is 8.87. The van der Waals surface area contributed by atoms with Crippen molar-refractivity contribution in [1.29, 1.82) is 0 Å². The Morgan fingerprint density at radius 1 is 1.37 bits per heavy atom. The fraction of sp³-hybridized carbons (Fsp3) is 0.562. The molecule has 1 aromatic carbocycles. The summed E-state index contributed by atoms with van der Waals surface area (Å²) in [6, 6.07) is 6.41. The van der Waals surface area contributed by atoms with Crippen LogP contribution in [0.1, 0.15) is 38.7 Å². The van der Waals surface area contributed by atoms with Gasteiger partial charge in [-0.3, -0.25) is 4.79 Å². The van der Waals surface area contributed by atoms with E-state index in [1.54, 1.807) is 12.1 Å². The van der Waals surface area contributed by atoms with Crippen LogP contribution in [0.15, 0.2) is 24.3 Å². The second-order valence-corrected chi connectivity index (χ2v) is 6.44. The normalized spacial score (nSPS) is 26.1. The molecule has 3 heteroatoms. The number of aliphatic carboxylic acids is 1. The van der Waals surface area contributed by atoms with E-state index in [2.05, 4.69) is 13.8 Å². The van der Waals surface area contributed by atoms with Gasteiger partial charge >= 0.3 is 5.97 Å². The predicted octanol–water partition coefficient (Wildman–Crippen LogP) is 3.90. The minimum atomic E-state index is -0.692. The van der Waals surface area contributed by atoms with E-state index in [0.717, 1.165) is 31.2 Å². The van der Waals surface area contributed by atoms with Crippen LogP contribution in [-0.4, -0.2) is 11.1 Å². The molecule has 0 spiro atoms. The molecule has 0 amide bonds. The maximum atomic E-state index is 12.9. The predicted molar refractivity (Wildman–Crippen MR) is 72.4 cm³/mol. The van der Waals surface area contributed by atoms with Gasteiger partial charge in [-0.25, -0.2) is 4.39 Å². The maximum Gasteiger partial charge on any atom is 0.306 e. The summed E-state index contributed by atoms with van der Waals surface area (Å²) in [7, 11) is 0. The monoisotopic (exact) mass is 264 g/mol. The molecule has 2 nitrogen and oxygen atoms in total. The van der Waals surface area contributed by atoms with Gasteiger partial charge in [0.25, 0.3) is 0 Å². The molecule has 0 aliphatic heterocycles. The quantitative estimate of drug-likeness (QED) is 0.899. The van der Waals surface area contributed by atoms with Crippen molar-refractivity contribution in [3.8, 4) is 0 Å². The summed E-state index contributed by atoms with van der Waals surface area (Å²) in [6.45, 7) is 4.39. The summed E-state index contributed by atoms with van der Waals surface area (Å²) in [4.78, 5) is 11.4. The van der Waals surface area contributed by atoms with Crippen LogP contribution in [0.4, 0.5) is 4.39 Å². The van der Waals surface area contributed by atoms with Crippen LogP contribution in [0.3, 0.4) is 0 Å². The molecule has 1 N–H and O–H groups in total. The van der Waals surface area contributed by atoms with Crippen LogP contribution >= 0.6 is 0 Å². The smallest absolute Gasteiger partial charge is 0.306 e. The lowest BCUT2D eigenvalue weighted by molar-refractivity contribution is -0.146.